The van der Waals surface area contributed by atoms with Gasteiger partial charge in [0.05, 0.1) is 12.1 Å². The molecule has 2 N–H and O–H groups in total. The van der Waals surface area contributed by atoms with Crippen LogP contribution in [0.2, 0.25) is 0 Å². The number of piperidine rings is 1. The van der Waals surface area contributed by atoms with Crippen LogP contribution in [-0.2, 0) is 16.0 Å². The van der Waals surface area contributed by atoms with E-state index in [9.17, 15) is 9.90 Å². The lowest BCUT2D eigenvalue weighted by Crippen LogP contribution is -2.54. The Bertz CT molecular complexity index is 845. The van der Waals surface area contributed by atoms with Crippen LogP contribution >= 0.6 is 0 Å². The number of nitrogens with zero attached hydrogens (tertiary/aromatic N) is 1. The third-order valence-electron chi connectivity index (χ3n) is 6.78. The van der Waals surface area contributed by atoms with Crippen molar-refractivity contribution in [1.29, 1.82) is 0 Å². The van der Waals surface area contributed by atoms with Crippen LogP contribution in [0, 0.1) is 11.8 Å². The van der Waals surface area contributed by atoms with Gasteiger partial charge >= 0.3 is 5.97 Å². The number of carbonyl (C=O) groups is 1. The molecule has 2 aliphatic heterocycles. The van der Waals surface area contributed by atoms with Crippen molar-refractivity contribution in [1.82, 2.24) is 9.88 Å². The largest absolute Gasteiger partial charge is 0.459 e. The molecule has 0 bridgehead atoms. The van der Waals surface area contributed by atoms with Crippen molar-refractivity contribution in [3.63, 3.8) is 0 Å². The molecule has 26 heavy (non-hydrogen) atoms. The molecule has 1 aromatic carbocycles. The molecule has 5 heteroatoms. The van der Waals surface area contributed by atoms with Gasteiger partial charge < -0.3 is 14.8 Å². The predicted molar refractivity (Wildman–Crippen MR) is 98.7 cm³/mol. The van der Waals surface area contributed by atoms with Crippen LogP contribution in [-0.4, -0.2) is 46.3 Å². The number of nitrogens with one attached hydrogen (secondary N) is 1. The summed E-state index contributed by atoms with van der Waals surface area (Å²) in [4.78, 5) is 17.8. The number of carbonyl (C=O) groups excluding carboxylic acids is 1. The fourth-order valence-corrected chi connectivity index (χ4v) is 5.64. The molecule has 1 saturated heterocycles. The van der Waals surface area contributed by atoms with Crippen molar-refractivity contribution in [2.45, 2.75) is 50.9 Å². The van der Waals surface area contributed by atoms with Crippen LogP contribution in [0.15, 0.2) is 24.3 Å². The van der Waals surface area contributed by atoms with Gasteiger partial charge in [-0.3, -0.25) is 9.69 Å². The van der Waals surface area contributed by atoms with Gasteiger partial charge in [0.1, 0.15) is 6.10 Å². The fourth-order valence-electron chi connectivity index (χ4n) is 5.64. The van der Waals surface area contributed by atoms with E-state index in [1.807, 2.05) is 0 Å². The molecule has 3 heterocycles. The van der Waals surface area contributed by atoms with Gasteiger partial charge in [0.15, 0.2) is 0 Å². The van der Waals surface area contributed by atoms with E-state index in [2.05, 4.69) is 34.1 Å². The molecule has 5 unspecified atom stereocenters. The van der Waals surface area contributed by atoms with Gasteiger partial charge in [0, 0.05) is 42.5 Å². The number of benzene rings is 1. The lowest BCUT2D eigenvalue weighted by atomic mass is 9.69. The van der Waals surface area contributed by atoms with Gasteiger partial charge in [-0.2, -0.15) is 0 Å². The van der Waals surface area contributed by atoms with Crippen LogP contribution in [0.3, 0.4) is 0 Å². The van der Waals surface area contributed by atoms with E-state index in [4.69, 9.17) is 4.74 Å². The number of aliphatic hydroxyl groups is 1. The molecule has 138 valence electrons. The molecule has 5 atom stereocenters. The molecule has 2 aromatic rings. The maximum Gasteiger partial charge on any atom is 0.303 e. The highest BCUT2D eigenvalue weighted by Gasteiger charge is 2.48. The Morgan fingerprint density at radius 1 is 1.31 bits per heavy atom. The Hall–Kier alpha value is -1.85. The first-order chi connectivity index (χ1) is 12.6. The smallest absolute Gasteiger partial charge is 0.303 e. The fraction of sp³-hybridized carbons (Fsp3) is 0.571. The molecule has 1 aromatic heterocycles. The molecular weight excluding hydrogens is 328 g/mol. The van der Waals surface area contributed by atoms with E-state index in [0.29, 0.717) is 12.0 Å². The van der Waals surface area contributed by atoms with Gasteiger partial charge in [-0.1, -0.05) is 18.2 Å². The molecule has 1 saturated carbocycles. The zero-order valence-electron chi connectivity index (χ0n) is 15.1. The highest BCUT2D eigenvalue weighted by Crippen LogP contribution is 2.47. The molecule has 3 aliphatic rings. The quantitative estimate of drug-likeness (QED) is 0.773. The topological polar surface area (TPSA) is 65.6 Å². The first kappa shape index (κ1) is 16.3. The Labute approximate surface area is 153 Å². The van der Waals surface area contributed by atoms with Gasteiger partial charge in [0.25, 0.3) is 0 Å². The van der Waals surface area contributed by atoms with E-state index < -0.39 is 6.10 Å². The van der Waals surface area contributed by atoms with Crippen molar-refractivity contribution < 1.29 is 14.6 Å². The van der Waals surface area contributed by atoms with Crippen molar-refractivity contribution in [3.8, 4) is 0 Å². The van der Waals surface area contributed by atoms with Gasteiger partial charge in [-0.05, 0) is 43.2 Å². The van der Waals surface area contributed by atoms with E-state index in [0.717, 1.165) is 38.8 Å². The van der Waals surface area contributed by atoms with Crippen molar-refractivity contribution in [2.24, 2.45) is 11.8 Å². The number of aromatic amines is 1. The van der Waals surface area contributed by atoms with Crippen LogP contribution < -0.4 is 0 Å². The SMILES string of the molecule is CC(=O)OC1C(O)CCC2CN3CCc4c([nH]c5ccccc45)C3CC21. The average molecular weight is 354 g/mol. The molecule has 5 rings (SSSR count). The monoisotopic (exact) mass is 354 g/mol. The van der Waals surface area contributed by atoms with Crippen LogP contribution in [0.5, 0.6) is 0 Å². The van der Waals surface area contributed by atoms with E-state index in [1.54, 1.807) is 0 Å². The highest BCUT2D eigenvalue weighted by atomic mass is 16.6. The van der Waals surface area contributed by atoms with Crippen LogP contribution in [0.25, 0.3) is 10.9 Å². The molecule has 2 fully saturated rings. The summed E-state index contributed by atoms with van der Waals surface area (Å²) in [5, 5.41) is 11.8. The standard InChI is InChI=1S/C21H26N2O3/c1-12(24)26-21-16-10-18-20-15(14-4-2-3-5-17(14)22-20)8-9-23(18)11-13(16)6-7-19(21)25/h2-5,13,16,18-19,21-22,25H,6-11H2,1H3. The molecule has 1 aliphatic carbocycles. The average Bonchev–Trinajstić information content (AvgIpc) is 3.02. The Morgan fingerprint density at radius 3 is 3.00 bits per heavy atom. The van der Waals surface area contributed by atoms with Gasteiger partial charge in [-0.15, -0.1) is 0 Å². The van der Waals surface area contributed by atoms with E-state index >= 15 is 0 Å². The summed E-state index contributed by atoms with van der Waals surface area (Å²) in [5.74, 6) is 0.457. The second kappa shape index (κ2) is 6.10. The number of ether oxygens (including phenoxy) is 1. The number of hydrogen-bond donors (Lipinski definition) is 2. The Balaban J connectivity index is 1.50. The minimum absolute atomic E-state index is 0.237. The number of fused-ring (bicyclic) bond motifs is 6. The second-order valence-corrected chi connectivity index (χ2v) is 8.20. The first-order valence-electron chi connectivity index (χ1n) is 9.80. The van der Waals surface area contributed by atoms with Crippen molar-refractivity contribution >= 4 is 16.9 Å². The van der Waals surface area contributed by atoms with E-state index in [1.165, 1.54) is 29.1 Å². The van der Waals surface area contributed by atoms with E-state index in [-0.39, 0.29) is 18.0 Å². The minimum atomic E-state index is -0.530. The lowest BCUT2D eigenvalue weighted by Gasteiger charge is -2.51. The highest BCUT2D eigenvalue weighted by molar-refractivity contribution is 5.85. The van der Waals surface area contributed by atoms with Gasteiger partial charge in [0.2, 0.25) is 0 Å². The summed E-state index contributed by atoms with van der Waals surface area (Å²) in [5.41, 5.74) is 3.99. The third-order valence-corrected chi connectivity index (χ3v) is 6.78. The first-order valence-corrected chi connectivity index (χ1v) is 9.80. The van der Waals surface area contributed by atoms with Crippen LogP contribution in [0.1, 0.15) is 43.5 Å². The summed E-state index contributed by atoms with van der Waals surface area (Å²) < 4.78 is 5.58. The van der Waals surface area contributed by atoms with Crippen LogP contribution in [0.4, 0.5) is 0 Å². The van der Waals surface area contributed by atoms with Crippen molar-refractivity contribution in [3.05, 3.63) is 35.5 Å². The zero-order valence-corrected chi connectivity index (χ0v) is 15.1. The lowest BCUT2D eigenvalue weighted by molar-refractivity contribution is -0.169. The molecule has 0 radical (unpaired) electrons. The maximum atomic E-state index is 11.6. The summed E-state index contributed by atoms with van der Waals surface area (Å²) in [6, 6.07) is 8.87. The number of H-pyrrole nitrogens is 1. The summed E-state index contributed by atoms with van der Waals surface area (Å²) in [6.07, 6.45) is 2.89. The number of esters is 1. The Morgan fingerprint density at radius 2 is 2.15 bits per heavy atom. The minimum Gasteiger partial charge on any atom is -0.459 e. The summed E-state index contributed by atoms with van der Waals surface area (Å²) in [7, 11) is 0. The number of aromatic nitrogens is 1. The second-order valence-electron chi connectivity index (χ2n) is 8.20. The van der Waals surface area contributed by atoms with Gasteiger partial charge in [-0.25, -0.2) is 0 Å². The predicted octanol–water partition coefficient (Wildman–Crippen LogP) is 2.79. The summed E-state index contributed by atoms with van der Waals surface area (Å²) in [6.45, 7) is 3.57. The number of para-hydroxylation sites is 1. The molecule has 0 spiro atoms. The summed E-state index contributed by atoms with van der Waals surface area (Å²) >= 11 is 0. The third kappa shape index (κ3) is 2.48. The normalized spacial score (nSPS) is 34.0. The zero-order chi connectivity index (χ0) is 17.8. The number of hydrogen-bond acceptors (Lipinski definition) is 4. The Kier molecular flexibility index (Phi) is 3.83. The number of aliphatic hydroxyl groups excluding tert-OH is 1. The molecular formula is C21H26N2O3. The molecule has 0 amide bonds. The molecule has 5 nitrogen and oxygen atoms in total. The maximum absolute atomic E-state index is 11.6. The number of rotatable bonds is 1. The van der Waals surface area contributed by atoms with Crippen molar-refractivity contribution in [2.75, 3.05) is 13.1 Å².